The van der Waals surface area contributed by atoms with E-state index in [4.69, 9.17) is 21.7 Å². The molecule has 3 rings (SSSR count). The van der Waals surface area contributed by atoms with E-state index < -0.39 is 11.8 Å². The van der Waals surface area contributed by atoms with Crippen LogP contribution < -0.4 is 19.7 Å². The van der Waals surface area contributed by atoms with Gasteiger partial charge in [0.1, 0.15) is 17.1 Å². The average Bonchev–Trinajstić information content (AvgIpc) is 2.73. The molecule has 2 aromatic rings. The summed E-state index contributed by atoms with van der Waals surface area (Å²) in [5, 5.41) is 2.67. The van der Waals surface area contributed by atoms with Gasteiger partial charge in [0.2, 0.25) is 0 Å². The van der Waals surface area contributed by atoms with Crippen molar-refractivity contribution in [3.05, 3.63) is 59.2 Å². The van der Waals surface area contributed by atoms with Crippen LogP contribution in [0.15, 0.2) is 48.0 Å². The topological polar surface area (TPSA) is 67.9 Å². The summed E-state index contributed by atoms with van der Waals surface area (Å²) in [6.07, 6.45) is 1.52. The van der Waals surface area contributed by atoms with Crippen molar-refractivity contribution in [3.63, 3.8) is 0 Å². The van der Waals surface area contributed by atoms with Crippen LogP contribution in [0.1, 0.15) is 44.7 Å². The molecule has 0 spiro atoms. The molecular weight excluding hydrogens is 412 g/mol. The number of hydrogen-bond acceptors (Lipinski definition) is 5. The largest absolute Gasteiger partial charge is 0.494 e. The first kappa shape index (κ1) is 22.5. The van der Waals surface area contributed by atoms with Gasteiger partial charge in [-0.1, -0.05) is 26.0 Å². The van der Waals surface area contributed by atoms with Gasteiger partial charge in [-0.3, -0.25) is 19.8 Å². The fourth-order valence-corrected chi connectivity index (χ4v) is 3.51. The molecule has 1 saturated heterocycles. The Morgan fingerprint density at radius 3 is 2.32 bits per heavy atom. The van der Waals surface area contributed by atoms with E-state index in [9.17, 15) is 9.59 Å². The van der Waals surface area contributed by atoms with E-state index in [1.807, 2.05) is 38.1 Å². The first-order valence-electron chi connectivity index (χ1n) is 10.3. The minimum atomic E-state index is -0.540. The highest BCUT2D eigenvalue weighted by atomic mass is 32.1. The second-order valence-corrected chi connectivity index (χ2v) is 7.66. The first-order valence-corrected chi connectivity index (χ1v) is 10.7. The number of hydrogen-bond donors (Lipinski definition) is 1. The van der Waals surface area contributed by atoms with Crippen LogP contribution in [0.2, 0.25) is 0 Å². The molecule has 1 aliphatic heterocycles. The van der Waals surface area contributed by atoms with Crippen LogP contribution >= 0.6 is 12.2 Å². The predicted molar refractivity (Wildman–Crippen MR) is 126 cm³/mol. The van der Waals surface area contributed by atoms with Crippen molar-refractivity contribution < 1.29 is 19.1 Å². The molecular formula is C24H26N2O4S. The molecule has 2 amide bonds. The van der Waals surface area contributed by atoms with Crippen LogP contribution in [0, 0.1) is 0 Å². The number of thiocarbonyl (C=S) groups is 1. The zero-order valence-corrected chi connectivity index (χ0v) is 18.9. The number of benzene rings is 2. The Hall–Kier alpha value is -3.19. The van der Waals surface area contributed by atoms with E-state index in [1.54, 1.807) is 18.2 Å². The number of amides is 2. The molecule has 162 valence electrons. The Kier molecular flexibility index (Phi) is 7.07. The average molecular weight is 439 g/mol. The standard InChI is InChI=1S/C24H26N2O4S/c1-5-29-19-12-9-17(21(14-19)30-6-2)13-20-22(27)25-24(31)26(23(20)28)18-10-7-16(8-11-18)15(3)4/h7-15H,5-6H2,1-4H3,(H,25,27,31)/b20-13+. The maximum Gasteiger partial charge on any atom is 0.270 e. The Labute approximate surface area is 187 Å². The lowest BCUT2D eigenvalue weighted by Crippen LogP contribution is -2.54. The molecule has 0 aliphatic carbocycles. The quantitative estimate of drug-likeness (QED) is 0.393. The van der Waals surface area contributed by atoms with Crippen LogP contribution in [0.5, 0.6) is 11.5 Å². The van der Waals surface area contributed by atoms with Crippen LogP contribution in [0.25, 0.3) is 6.08 Å². The van der Waals surface area contributed by atoms with Gasteiger partial charge in [-0.15, -0.1) is 0 Å². The molecule has 1 heterocycles. The highest BCUT2D eigenvalue weighted by molar-refractivity contribution is 7.80. The molecule has 0 atom stereocenters. The van der Waals surface area contributed by atoms with E-state index >= 15 is 0 Å². The second-order valence-electron chi connectivity index (χ2n) is 7.27. The lowest BCUT2D eigenvalue weighted by molar-refractivity contribution is -0.122. The minimum Gasteiger partial charge on any atom is -0.494 e. The molecule has 0 aromatic heterocycles. The van der Waals surface area contributed by atoms with E-state index in [-0.39, 0.29) is 10.7 Å². The third-order valence-corrected chi connectivity index (χ3v) is 5.10. The van der Waals surface area contributed by atoms with Gasteiger partial charge in [0.15, 0.2) is 5.11 Å². The SMILES string of the molecule is CCOc1ccc(/C=C2\C(=O)NC(=S)N(c3ccc(C(C)C)cc3)C2=O)c(OCC)c1. The Morgan fingerprint density at radius 1 is 1.03 bits per heavy atom. The lowest BCUT2D eigenvalue weighted by Gasteiger charge is -2.29. The highest BCUT2D eigenvalue weighted by Gasteiger charge is 2.34. The van der Waals surface area contributed by atoms with Gasteiger partial charge in [0.05, 0.1) is 18.9 Å². The van der Waals surface area contributed by atoms with Crippen LogP contribution in [0.4, 0.5) is 5.69 Å². The van der Waals surface area contributed by atoms with Crippen molar-refractivity contribution in [2.45, 2.75) is 33.6 Å². The van der Waals surface area contributed by atoms with Crippen LogP contribution in [-0.2, 0) is 9.59 Å². The van der Waals surface area contributed by atoms with Crippen molar-refractivity contribution in [1.29, 1.82) is 0 Å². The minimum absolute atomic E-state index is 0.0216. The van der Waals surface area contributed by atoms with Gasteiger partial charge in [-0.05, 0) is 67.9 Å². The summed E-state index contributed by atoms with van der Waals surface area (Å²) in [5.74, 6) is 0.525. The molecule has 1 aliphatic rings. The van der Waals surface area contributed by atoms with Crippen molar-refractivity contribution in [3.8, 4) is 11.5 Å². The van der Waals surface area contributed by atoms with Crippen molar-refractivity contribution in [2.75, 3.05) is 18.1 Å². The second kappa shape index (κ2) is 9.75. The van der Waals surface area contributed by atoms with E-state index in [2.05, 4.69) is 19.2 Å². The van der Waals surface area contributed by atoms with Gasteiger partial charge in [-0.25, -0.2) is 0 Å². The van der Waals surface area contributed by atoms with Gasteiger partial charge >= 0.3 is 0 Å². The summed E-state index contributed by atoms with van der Waals surface area (Å²) in [4.78, 5) is 27.2. The summed E-state index contributed by atoms with van der Waals surface area (Å²) in [7, 11) is 0. The number of carbonyl (C=O) groups excluding carboxylic acids is 2. The van der Waals surface area contributed by atoms with Gasteiger partial charge in [0.25, 0.3) is 11.8 Å². The number of rotatable bonds is 7. The number of nitrogens with zero attached hydrogens (tertiary/aromatic N) is 1. The monoisotopic (exact) mass is 438 g/mol. The number of anilines is 1. The highest BCUT2D eigenvalue weighted by Crippen LogP contribution is 2.29. The van der Waals surface area contributed by atoms with Gasteiger partial charge < -0.3 is 9.47 Å². The third-order valence-electron chi connectivity index (χ3n) is 4.82. The summed E-state index contributed by atoms with van der Waals surface area (Å²) in [6.45, 7) is 8.91. The van der Waals surface area contributed by atoms with Crippen molar-refractivity contribution in [2.24, 2.45) is 0 Å². The third kappa shape index (κ3) is 4.94. The predicted octanol–water partition coefficient (Wildman–Crippen LogP) is 4.44. The Bertz CT molecular complexity index is 1030. The smallest absolute Gasteiger partial charge is 0.270 e. The molecule has 1 fully saturated rings. The first-order chi connectivity index (χ1) is 14.8. The van der Waals surface area contributed by atoms with Gasteiger partial charge in [0, 0.05) is 11.6 Å². The fraction of sp³-hybridized carbons (Fsp3) is 0.292. The zero-order chi connectivity index (χ0) is 22.5. The molecule has 2 aromatic carbocycles. The maximum atomic E-state index is 13.3. The summed E-state index contributed by atoms with van der Waals surface area (Å²) in [5.41, 5.74) is 2.33. The van der Waals surface area contributed by atoms with Gasteiger partial charge in [-0.2, -0.15) is 0 Å². The molecule has 6 nitrogen and oxygen atoms in total. The number of carbonyl (C=O) groups is 2. The maximum absolute atomic E-state index is 13.3. The normalized spacial score (nSPS) is 15.5. The summed E-state index contributed by atoms with van der Waals surface area (Å²) in [6, 6.07) is 12.9. The van der Waals surface area contributed by atoms with E-state index in [0.717, 1.165) is 5.56 Å². The summed E-state index contributed by atoms with van der Waals surface area (Å²) >= 11 is 5.28. The number of ether oxygens (including phenoxy) is 2. The molecule has 0 bridgehead atoms. The van der Waals surface area contributed by atoms with E-state index in [1.165, 1.54) is 11.0 Å². The lowest BCUT2D eigenvalue weighted by atomic mass is 10.0. The Balaban J connectivity index is 1.99. The number of nitrogens with one attached hydrogen (secondary N) is 1. The van der Waals surface area contributed by atoms with Crippen LogP contribution in [-0.4, -0.2) is 30.1 Å². The summed E-state index contributed by atoms with van der Waals surface area (Å²) < 4.78 is 11.2. The molecule has 31 heavy (non-hydrogen) atoms. The molecule has 0 radical (unpaired) electrons. The molecule has 1 N–H and O–H groups in total. The van der Waals surface area contributed by atoms with E-state index in [0.29, 0.717) is 41.9 Å². The Morgan fingerprint density at radius 2 is 1.71 bits per heavy atom. The molecule has 0 unspecified atom stereocenters. The molecule has 0 saturated carbocycles. The van der Waals surface area contributed by atoms with Crippen LogP contribution in [0.3, 0.4) is 0 Å². The fourth-order valence-electron chi connectivity index (χ4n) is 3.23. The zero-order valence-electron chi connectivity index (χ0n) is 18.1. The van der Waals surface area contributed by atoms with Crippen molar-refractivity contribution >= 4 is 40.9 Å². The molecule has 7 heteroatoms. The van der Waals surface area contributed by atoms with Crippen molar-refractivity contribution in [1.82, 2.24) is 5.32 Å².